The molecule has 7 nitrogen and oxygen atoms in total. The van der Waals surface area contributed by atoms with Crippen molar-refractivity contribution in [3.05, 3.63) is 92.5 Å². The number of methoxy groups -OCH3 is 1. The zero-order valence-electron chi connectivity index (χ0n) is 21.8. The fourth-order valence-electron chi connectivity index (χ4n) is 4.73. The molecule has 0 spiro atoms. The highest BCUT2D eigenvalue weighted by Gasteiger charge is 2.44. The Labute approximate surface area is 215 Å². The second kappa shape index (κ2) is 9.73. The van der Waals surface area contributed by atoms with Gasteiger partial charge in [0, 0.05) is 6.20 Å². The van der Waals surface area contributed by atoms with Crippen LogP contribution in [-0.2, 0) is 0 Å². The second-order valence-corrected chi connectivity index (χ2v) is 9.49. The summed E-state index contributed by atoms with van der Waals surface area (Å²) in [5, 5.41) is 0.449. The number of amides is 1. The Kier molecular flexibility index (Phi) is 6.46. The van der Waals surface area contributed by atoms with E-state index in [9.17, 15) is 9.59 Å². The Morgan fingerprint density at radius 2 is 1.78 bits per heavy atom. The second-order valence-electron chi connectivity index (χ2n) is 9.49. The molecule has 3 heterocycles. The van der Waals surface area contributed by atoms with Gasteiger partial charge in [-0.3, -0.25) is 14.5 Å². The van der Waals surface area contributed by atoms with Gasteiger partial charge in [0.05, 0.1) is 30.7 Å². The highest BCUT2D eigenvalue weighted by molar-refractivity contribution is 6.10. The lowest BCUT2D eigenvalue weighted by molar-refractivity contribution is 0.0970. The van der Waals surface area contributed by atoms with E-state index in [2.05, 4.69) is 11.9 Å². The number of carbonyl (C=O) groups excluding carboxylic acids is 1. The Morgan fingerprint density at radius 3 is 2.51 bits per heavy atom. The molecule has 37 heavy (non-hydrogen) atoms. The molecule has 0 aliphatic carbocycles. The maximum atomic E-state index is 13.9. The van der Waals surface area contributed by atoms with Crippen molar-refractivity contribution >= 4 is 22.7 Å². The number of anilines is 1. The van der Waals surface area contributed by atoms with Gasteiger partial charge >= 0.3 is 0 Å². The number of aromatic nitrogens is 1. The van der Waals surface area contributed by atoms with Crippen molar-refractivity contribution in [2.75, 3.05) is 18.6 Å². The van der Waals surface area contributed by atoms with Gasteiger partial charge in [-0.05, 0) is 85.8 Å². The number of aryl methyl sites for hydroxylation is 3. The smallest absolute Gasteiger partial charge is 0.296 e. The average Bonchev–Trinajstić information content (AvgIpc) is 3.18. The lowest BCUT2D eigenvalue weighted by Crippen LogP contribution is -2.30. The minimum atomic E-state index is -0.738. The van der Waals surface area contributed by atoms with Gasteiger partial charge in [-0.2, -0.15) is 0 Å². The van der Waals surface area contributed by atoms with E-state index < -0.39 is 11.9 Å². The van der Waals surface area contributed by atoms with E-state index in [0.717, 1.165) is 29.5 Å². The minimum Gasteiger partial charge on any atom is -0.493 e. The van der Waals surface area contributed by atoms with Crippen LogP contribution in [0.3, 0.4) is 0 Å². The number of rotatable bonds is 7. The van der Waals surface area contributed by atoms with E-state index in [1.54, 1.807) is 13.3 Å². The molecule has 7 heteroatoms. The minimum absolute atomic E-state index is 0.0382. The number of benzene rings is 2. The summed E-state index contributed by atoms with van der Waals surface area (Å²) < 4.78 is 17.7. The maximum Gasteiger partial charge on any atom is 0.296 e. The molecular formula is C30H30N2O5. The summed E-state index contributed by atoms with van der Waals surface area (Å²) in [5.41, 5.74) is 4.08. The molecule has 2 aromatic heterocycles. The van der Waals surface area contributed by atoms with E-state index in [4.69, 9.17) is 13.9 Å². The summed E-state index contributed by atoms with van der Waals surface area (Å²) in [7, 11) is 1.58. The Hall–Kier alpha value is -4.13. The monoisotopic (exact) mass is 498 g/mol. The molecule has 0 fully saturated rings. The van der Waals surface area contributed by atoms with E-state index in [1.807, 2.05) is 63.2 Å². The molecule has 190 valence electrons. The average molecular weight is 499 g/mol. The lowest BCUT2D eigenvalue weighted by atomic mass is 9.97. The first-order valence-electron chi connectivity index (χ1n) is 12.5. The van der Waals surface area contributed by atoms with Crippen LogP contribution in [0.4, 0.5) is 5.82 Å². The SMILES string of the molecule is CCCCOc1ccc([C@H]2c3c(oc4cc(C)c(C)cc4c3=O)C(=O)N2c2cc(C)ccn2)cc1OC. The topological polar surface area (TPSA) is 81.9 Å². The number of hydrogen-bond acceptors (Lipinski definition) is 6. The van der Waals surface area contributed by atoms with Gasteiger partial charge in [-0.15, -0.1) is 0 Å². The molecule has 1 atom stereocenters. The van der Waals surface area contributed by atoms with Gasteiger partial charge in [0.25, 0.3) is 5.91 Å². The number of pyridine rings is 1. The first-order valence-corrected chi connectivity index (χ1v) is 12.5. The summed E-state index contributed by atoms with van der Waals surface area (Å²) in [5.74, 6) is 1.22. The van der Waals surface area contributed by atoms with E-state index in [0.29, 0.717) is 46.0 Å². The van der Waals surface area contributed by atoms with Gasteiger partial charge in [0.1, 0.15) is 11.4 Å². The van der Waals surface area contributed by atoms with Gasteiger partial charge in [0.15, 0.2) is 16.9 Å². The molecular weight excluding hydrogens is 468 g/mol. The molecule has 0 unspecified atom stereocenters. The van der Waals surface area contributed by atoms with Crippen LogP contribution in [0.1, 0.15) is 64.2 Å². The Bertz CT molecular complexity index is 1570. The first kappa shape index (κ1) is 24.6. The Morgan fingerprint density at radius 1 is 1.00 bits per heavy atom. The van der Waals surface area contributed by atoms with Gasteiger partial charge in [0.2, 0.25) is 5.76 Å². The number of fused-ring (bicyclic) bond motifs is 2. The molecule has 2 aromatic carbocycles. The van der Waals surface area contributed by atoms with E-state index in [-0.39, 0.29) is 11.2 Å². The predicted molar refractivity (Wildman–Crippen MR) is 143 cm³/mol. The van der Waals surface area contributed by atoms with Crippen molar-refractivity contribution in [3.8, 4) is 11.5 Å². The molecule has 4 aromatic rings. The lowest BCUT2D eigenvalue weighted by Gasteiger charge is -2.25. The summed E-state index contributed by atoms with van der Waals surface area (Å²) in [6.45, 7) is 8.51. The summed E-state index contributed by atoms with van der Waals surface area (Å²) in [4.78, 5) is 33.8. The van der Waals surface area contributed by atoms with Crippen molar-refractivity contribution in [3.63, 3.8) is 0 Å². The van der Waals surface area contributed by atoms with Crippen LogP contribution in [0.2, 0.25) is 0 Å². The van der Waals surface area contributed by atoms with Crippen molar-refractivity contribution < 1.29 is 18.7 Å². The third-order valence-electron chi connectivity index (χ3n) is 6.89. The Balaban J connectivity index is 1.73. The van der Waals surface area contributed by atoms with Crippen LogP contribution >= 0.6 is 0 Å². The van der Waals surface area contributed by atoms with Crippen LogP contribution in [0.15, 0.2) is 57.9 Å². The number of carbonyl (C=O) groups is 1. The fraction of sp³-hybridized carbons (Fsp3) is 0.300. The molecule has 0 saturated carbocycles. The normalized spacial score (nSPS) is 14.8. The van der Waals surface area contributed by atoms with Crippen LogP contribution in [0, 0.1) is 20.8 Å². The highest BCUT2D eigenvalue weighted by Crippen LogP contribution is 2.43. The molecule has 0 radical (unpaired) electrons. The van der Waals surface area contributed by atoms with Gasteiger partial charge < -0.3 is 13.9 Å². The molecule has 0 bridgehead atoms. The van der Waals surface area contributed by atoms with Crippen molar-refractivity contribution in [1.29, 1.82) is 0 Å². The summed E-state index contributed by atoms with van der Waals surface area (Å²) in [6, 6.07) is 12.1. The van der Waals surface area contributed by atoms with Crippen LogP contribution < -0.4 is 19.8 Å². The molecule has 5 rings (SSSR count). The van der Waals surface area contributed by atoms with Gasteiger partial charge in [-0.25, -0.2) is 4.98 Å². The van der Waals surface area contributed by atoms with Crippen molar-refractivity contribution in [2.45, 2.75) is 46.6 Å². The standard InChI is InChI=1S/C30H30N2O5/c1-6-7-12-36-22-9-8-20(16-24(22)35-5)27-26-28(33)21-14-18(3)19(4)15-23(21)37-29(26)30(34)32(27)25-13-17(2)10-11-31-25/h8-11,13-16,27H,6-7,12H2,1-5H3/t27-/m0/s1. The van der Waals surface area contributed by atoms with Crippen LogP contribution in [0.5, 0.6) is 11.5 Å². The summed E-state index contributed by atoms with van der Waals surface area (Å²) >= 11 is 0. The highest BCUT2D eigenvalue weighted by atomic mass is 16.5. The molecule has 0 saturated heterocycles. The number of nitrogens with zero attached hydrogens (tertiary/aromatic N) is 2. The van der Waals surface area contributed by atoms with Gasteiger partial charge in [-0.1, -0.05) is 19.4 Å². The largest absolute Gasteiger partial charge is 0.493 e. The van der Waals surface area contributed by atoms with Crippen molar-refractivity contribution in [1.82, 2.24) is 4.98 Å². The number of ether oxygens (including phenoxy) is 2. The molecule has 1 amide bonds. The first-order chi connectivity index (χ1) is 17.8. The third kappa shape index (κ3) is 4.24. The predicted octanol–water partition coefficient (Wildman–Crippen LogP) is 6.05. The molecule has 1 aliphatic rings. The number of unbranched alkanes of at least 4 members (excludes halogenated alkanes) is 1. The number of hydrogen-bond donors (Lipinski definition) is 0. The fourth-order valence-corrected chi connectivity index (χ4v) is 4.73. The zero-order valence-corrected chi connectivity index (χ0v) is 21.8. The van der Waals surface area contributed by atoms with E-state index in [1.165, 1.54) is 4.90 Å². The van der Waals surface area contributed by atoms with Crippen LogP contribution in [0.25, 0.3) is 11.0 Å². The molecule has 1 aliphatic heterocycles. The molecule has 0 N–H and O–H groups in total. The maximum absolute atomic E-state index is 13.9. The van der Waals surface area contributed by atoms with E-state index >= 15 is 0 Å². The zero-order chi connectivity index (χ0) is 26.3. The quantitative estimate of drug-likeness (QED) is 0.289. The summed E-state index contributed by atoms with van der Waals surface area (Å²) in [6.07, 6.45) is 3.60. The third-order valence-corrected chi connectivity index (χ3v) is 6.89. The van der Waals surface area contributed by atoms with Crippen LogP contribution in [-0.4, -0.2) is 24.6 Å². The van der Waals surface area contributed by atoms with Crippen molar-refractivity contribution in [2.24, 2.45) is 0 Å².